The van der Waals surface area contributed by atoms with Gasteiger partial charge in [-0.15, -0.1) is 11.3 Å². The van der Waals surface area contributed by atoms with Gasteiger partial charge in [0.2, 0.25) is 11.8 Å². The number of rotatable bonds is 5. The van der Waals surface area contributed by atoms with Crippen LogP contribution in [-0.4, -0.2) is 59.3 Å². The average molecular weight is 385 g/mol. The van der Waals surface area contributed by atoms with Gasteiger partial charge in [-0.3, -0.25) is 14.5 Å². The Morgan fingerprint density at radius 1 is 1.19 bits per heavy atom. The zero-order valence-electron chi connectivity index (χ0n) is 15.7. The highest BCUT2D eigenvalue weighted by Gasteiger charge is 2.19. The van der Waals surface area contributed by atoms with Crippen LogP contribution >= 0.6 is 11.3 Å². The first kappa shape index (κ1) is 19.3. The number of nitrogens with zero attached hydrogens (tertiary/aromatic N) is 4. The Bertz CT molecular complexity index is 810. The molecule has 0 bridgehead atoms. The Morgan fingerprint density at radius 2 is 1.89 bits per heavy atom. The van der Waals surface area contributed by atoms with Crippen LogP contribution < -0.4 is 4.90 Å². The largest absolute Gasteiger partial charge is 0.337 e. The van der Waals surface area contributed by atoms with Crippen molar-refractivity contribution >= 4 is 40.0 Å². The lowest BCUT2D eigenvalue weighted by molar-refractivity contribution is -0.127. The Morgan fingerprint density at radius 3 is 2.52 bits per heavy atom. The predicted octanol–water partition coefficient (Wildman–Crippen LogP) is 3.01. The van der Waals surface area contributed by atoms with E-state index in [0.29, 0.717) is 10.8 Å². The molecule has 0 unspecified atom stereocenters. The molecule has 1 fully saturated rings. The number of likely N-dealkylation sites (N-methyl/N-ethyl adjacent to an activating group) is 1. The van der Waals surface area contributed by atoms with Crippen molar-refractivity contribution in [3.63, 3.8) is 0 Å². The molecule has 0 N–H and O–H groups in total. The molecule has 27 heavy (non-hydrogen) atoms. The first-order valence-electron chi connectivity index (χ1n) is 9.09. The van der Waals surface area contributed by atoms with E-state index in [-0.39, 0.29) is 11.8 Å². The molecule has 0 saturated carbocycles. The van der Waals surface area contributed by atoms with Gasteiger partial charge in [0, 0.05) is 44.6 Å². The number of hydrogen-bond donors (Lipinski definition) is 0. The van der Waals surface area contributed by atoms with E-state index in [1.54, 1.807) is 17.1 Å². The lowest BCUT2D eigenvalue weighted by atomic mass is 10.3. The predicted molar refractivity (Wildman–Crippen MR) is 109 cm³/mol. The number of anilines is 2. The number of piperazine rings is 1. The molecule has 3 rings (SSSR count). The lowest BCUT2D eigenvalue weighted by Gasteiger charge is -2.33. The third-order valence-corrected chi connectivity index (χ3v) is 5.40. The molecular weight excluding hydrogens is 360 g/mol. The summed E-state index contributed by atoms with van der Waals surface area (Å²) in [5.41, 5.74) is 1.46. The zero-order chi connectivity index (χ0) is 19.2. The smallest absolute Gasteiger partial charge is 0.246 e. The molecule has 2 heterocycles. The minimum atomic E-state index is -0.101. The van der Waals surface area contributed by atoms with Gasteiger partial charge in [-0.2, -0.15) is 0 Å². The Balaban J connectivity index is 1.67. The van der Waals surface area contributed by atoms with E-state index in [1.807, 2.05) is 40.6 Å². The minimum Gasteiger partial charge on any atom is -0.337 e. The van der Waals surface area contributed by atoms with Gasteiger partial charge in [0.15, 0.2) is 5.13 Å². The molecular formula is C20H24N4O2S. The van der Waals surface area contributed by atoms with E-state index < -0.39 is 0 Å². The zero-order valence-corrected chi connectivity index (χ0v) is 16.5. The summed E-state index contributed by atoms with van der Waals surface area (Å²) >= 11 is 1.38. The maximum Gasteiger partial charge on any atom is 0.246 e. The molecule has 1 aromatic heterocycles. The summed E-state index contributed by atoms with van der Waals surface area (Å²) in [7, 11) is 0. The SMILES string of the molecule is CCN1CCN(C(=O)/C=C/c2csc(N(C(C)=O)c3ccccc3)n2)CC1. The molecule has 0 radical (unpaired) electrons. The molecule has 7 heteroatoms. The first-order valence-corrected chi connectivity index (χ1v) is 9.97. The number of benzene rings is 1. The van der Waals surface area contributed by atoms with Gasteiger partial charge >= 0.3 is 0 Å². The highest BCUT2D eigenvalue weighted by atomic mass is 32.1. The number of carbonyl (C=O) groups excluding carboxylic acids is 2. The molecule has 1 aliphatic heterocycles. The highest BCUT2D eigenvalue weighted by molar-refractivity contribution is 7.14. The van der Waals surface area contributed by atoms with Crippen LogP contribution in [0, 0.1) is 0 Å². The van der Waals surface area contributed by atoms with Crippen LogP contribution in [0.1, 0.15) is 19.5 Å². The monoisotopic (exact) mass is 384 g/mol. The topological polar surface area (TPSA) is 56.8 Å². The quantitative estimate of drug-likeness (QED) is 0.744. The van der Waals surface area contributed by atoms with Crippen molar-refractivity contribution in [3.05, 3.63) is 47.5 Å². The molecule has 142 valence electrons. The Labute approximate surface area is 163 Å². The third kappa shape index (κ3) is 4.81. The Kier molecular flexibility index (Phi) is 6.36. The van der Waals surface area contributed by atoms with Gasteiger partial charge in [-0.05, 0) is 24.8 Å². The van der Waals surface area contributed by atoms with Gasteiger partial charge in [0.05, 0.1) is 11.4 Å². The van der Waals surface area contributed by atoms with E-state index >= 15 is 0 Å². The number of thiazole rings is 1. The first-order chi connectivity index (χ1) is 13.1. The fourth-order valence-corrected chi connectivity index (χ4v) is 3.86. The molecule has 0 atom stereocenters. The standard InChI is InChI=1S/C20H24N4O2S/c1-3-22-11-13-23(14-12-22)19(26)10-9-17-15-27-20(21-17)24(16(2)25)18-7-5-4-6-8-18/h4-10,15H,3,11-14H2,1-2H3/b10-9+. The van der Waals surface area contributed by atoms with E-state index in [9.17, 15) is 9.59 Å². The summed E-state index contributed by atoms with van der Waals surface area (Å²) in [5, 5.41) is 2.45. The number of aromatic nitrogens is 1. The van der Waals surface area contributed by atoms with E-state index in [1.165, 1.54) is 18.3 Å². The second-order valence-electron chi connectivity index (χ2n) is 6.34. The van der Waals surface area contributed by atoms with Gasteiger partial charge < -0.3 is 9.80 Å². The lowest BCUT2D eigenvalue weighted by Crippen LogP contribution is -2.48. The average Bonchev–Trinajstić information content (AvgIpc) is 3.15. The third-order valence-electron chi connectivity index (χ3n) is 4.56. The molecule has 0 aliphatic carbocycles. The molecule has 2 amide bonds. The molecule has 6 nitrogen and oxygen atoms in total. The van der Waals surface area contributed by atoms with Crippen molar-refractivity contribution in [1.29, 1.82) is 0 Å². The fourth-order valence-electron chi connectivity index (χ4n) is 3.01. The Hall–Kier alpha value is -2.51. The molecule has 1 aliphatic rings. The number of para-hydroxylation sites is 1. The summed E-state index contributed by atoms with van der Waals surface area (Å²) in [6.07, 6.45) is 3.29. The summed E-state index contributed by atoms with van der Waals surface area (Å²) in [6.45, 7) is 8.02. The van der Waals surface area contributed by atoms with Gasteiger partial charge in [-0.1, -0.05) is 25.1 Å². The number of hydrogen-bond acceptors (Lipinski definition) is 5. The molecule has 1 saturated heterocycles. The van der Waals surface area contributed by atoms with Crippen LogP contribution in [0.15, 0.2) is 41.8 Å². The number of carbonyl (C=O) groups is 2. The summed E-state index contributed by atoms with van der Waals surface area (Å²) in [4.78, 5) is 34.7. The fraction of sp³-hybridized carbons (Fsp3) is 0.350. The van der Waals surface area contributed by atoms with Gasteiger partial charge in [-0.25, -0.2) is 4.98 Å². The maximum absolute atomic E-state index is 12.4. The highest BCUT2D eigenvalue weighted by Crippen LogP contribution is 2.29. The minimum absolute atomic E-state index is 0.00628. The summed E-state index contributed by atoms with van der Waals surface area (Å²) in [6, 6.07) is 9.42. The molecule has 1 aromatic carbocycles. The van der Waals surface area contributed by atoms with E-state index in [4.69, 9.17) is 0 Å². The van der Waals surface area contributed by atoms with Crippen LogP contribution in [0.5, 0.6) is 0 Å². The van der Waals surface area contributed by atoms with Gasteiger partial charge in [0.1, 0.15) is 0 Å². The molecule has 0 spiro atoms. The van der Waals surface area contributed by atoms with Crippen LogP contribution in [0.25, 0.3) is 6.08 Å². The van der Waals surface area contributed by atoms with Crippen molar-refractivity contribution in [3.8, 4) is 0 Å². The number of amides is 2. The van der Waals surface area contributed by atoms with E-state index in [2.05, 4.69) is 16.8 Å². The van der Waals surface area contributed by atoms with Crippen molar-refractivity contribution in [1.82, 2.24) is 14.8 Å². The van der Waals surface area contributed by atoms with Crippen molar-refractivity contribution in [2.75, 3.05) is 37.6 Å². The second kappa shape index (κ2) is 8.92. The van der Waals surface area contributed by atoms with Crippen LogP contribution in [0.2, 0.25) is 0 Å². The summed E-state index contributed by atoms with van der Waals surface area (Å²) in [5.74, 6) is -0.0947. The summed E-state index contributed by atoms with van der Waals surface area (Å²) < 4.78 is 0. The van der Waals surface area contributed by atoms with Crippen molar-refractivity contribution in [2.24, 2.45) is 0 Å². The van der Waals surface area contributed by atoms with Crippen LogP contribution in [0.3, 0.4) is 0 Å². The van der Waals surface area contributed by atoms with Crippen molar-refractivity contribution < 1.29 is 9.59 Å². The maximum atomic E-state index is 12.4. The van der Waals surface area contributed by atoms with Gasteiger partial charge in [0.25, 0.3) is 0 Å². The van der Waals surface area contributed by atoms with Crippen molar-refractivity contribution in [2.45, 2.75) is 13.8 Å². The van der Waals surface area contributed by atoms with E-state index in [0.717, 1.165) is 38.4 Å². The second-order valence-corrected chi connectivity index (χ2v) is 7.17. The van der Waals surface area contributed by atoms with Crippen LogP contribution in [0.4, 0.5) is 10.8 Å². The molecule has 2 aromatic rings. The van der Waals surface area contributed by atoms with Crippen LogP contribution in [-0.2, 0) is 9.59 Å². The normalized spacial score (nSPS) is 15.3.